The number of pyridine rings is 1. The van der Waals surface area contributed by atoms with E-state index in [-0.39, 0.29) is 17.9 Å². The van der Waals surface area contributed by atoms with Crippen molar-refractivity contribution in [2.24, 2.45) is 0 Å². The number of aryl methyl sites for hydroxylation is 1. The molecule has 1 amide bonds. The highest BCUT2D eigenvalue weighted by Crippen LogP contribution is 2.44. The minimum absolute atomic E-state index is 0.0430. The predicted molar refractivity (Wildman–Crippen MR) is 109 cm³/mol. The van der Waals surface area contributed by atoms with Gasteiger partial charge in [0.1, 0.15) is 17.6 Å². The number of rotatable bonds is 3. The Kier molecular flexibility index (Phi) is 4.43. The Balaban J connectivity index is 1.39. The van der Waals surface area contributed by atoms with Gasteiger partial charge < -0.3 is 14.4 Å². The Hall–Kier alpha value is -3.34. The van der Waals surface area contributed by atoms with Gasteiger partial charge in [0.2, 0.25) is 11.8 Å². The van der Waals surface area contributed by atoms with E-state index in [0.29, 0.717) is 19.0 Å². The SMILES string of the molecule is Cc1cccc(OC2CCN(C(=O)C3c4ccccc4Oc4ccccc43)C2)n1. The van der Waals surface area contributed by atoms with Crippen molar-refractivity contribution in [1.29, 1.82) is 0 Å². The molecule has 0 spiro atoms. The molecule has 2 aromatic carbocycles. The van der Waals surface area contributed by atoms with Gasteiger partial charge in [0, 0.05) is 35.9 Å². The molecule has 5 heteroatoms. The quantitative estimate of drug-likeness (QED) is 0.673. The van der Waals surface area contributed by atoms with Crippen LogP contribution in [-0.4, -0.2) is 35.0 Å². The molecule has 0 aliphatic carbocycles. The maximum absolute atomic E-state index is 13.6. The average Bonchev–Trinajstić information content (AvgIpc) is 3.20. The number of carbonyl (C=O) groups is 1. The Bertz CT molecular complexity index is 1020. The third-order valence-corrected chi connectivity index (χ3v) is 5.53. The lowest BCUT2D eigenvalue weighted by Gasteiger charge is -2.30. The van der Waals surface area contributed by atoms with E-state index in [2.05, 4.69) is 4.98 Å². The number of aromatic nitrogens is 1. The first-order valence-electron chi connectivity index (χ1n) is 9.94. The summed E-state index contributed by atoms with van der Waals surface area (Å²) in [6, 6.07) is 21.3. The normalized spacial score (nSPS) is 18.0. The van der Waals surface area contributed by atoms with Crippen LogP contribution in [0.3, 0.4) is 0 Å². The van der Waals surface area contributed by atoms with Crippen LogP contribution in [0.2, 0.25) is 0 Å². The summed E-state index contributed by atoms with van der Waals surface area (Å²) in [7, 11) is 0. The van der Waals surface area contributed by atoms with Gasteiger partial charge in [-0.2, -0.15) is 0 Å². The number of amides is 1. The molecule has 2 aliphatic rings. The van der Waals surface area contributed by atoms with E-state index in [4.69, 9.17) is 9.47 Å². The summed E-state index contributed by atoms with van der Waals surface area (Å²) in [6.45, 7) is 3.19. The Labute approximate surface area is 169 Å². The summed E-state index contributed by atoms with van der Waals surface area (Å²) in [6.07, 6.45) is 0.756. The monoisotopic (exact) mass is 386 g/mol. The summed E-state index contributed by atoms with van der Waals surface area (Å²) < 4.78 is 12.1. The summed E-state index contributed by atoms with van der Waals surface area (Å²) in [4.78, 5) is 19.9. The Morgan fingerprint density at radius 2 is 1.69 bits per heavy atom. The van der Waals surface area contributed by atoms with Crippen molar-refractivity contribution in [2.45, 2.75) is 25.4 Å². The third kappa shape index (κ3) is 3.33. The van der Waals surface area contributed by atoms with Gasteiger partial charge in [-0.15, -0.1) is 0 Å². The summed E-state index contributed by atoms with van der Waals surface area (Å²) in [5, 5.41) is 0. The number of nitrogens with zero attached hydrogens (tertiary/aromatic N) is 2. The number of ether oxygens (including phenoxy) is 2. The van der Waals surface area contributed by atoms with Crippen molar-refractivity contribution in [2.75, 3.05) is 13.1 Å². The molecule has 1 fully saturated rings. The first kappa shape index (κ1) is 17.7. The topological polar surface area (TPSA) is 51.7 Å². The van der Waals surface area contributed by atoms with Crippen LogP contribution >= 0.6 is 0 Å². The summed E-state index contributed by atoms with van der Waals surface area (Å²) in [5.74, 6) is 1.86. The molecular weight excluding hydrogens is 364 g/mol. The third-order valence-electron chi connectivity index (χ3n) is 5.53. The minimum Gasteiger partial charge on any atom is -0.472 e. The summed E-state index contributed by atoms with van der Waals surface area (Å²) >= 11 is 0. The molecule has 1 unspecified atom stereocenters. The zero-order valence-corrected chi connectivity index (χ0v) is 16.2. The van der Waals surface area contributed by atoms with Crippen LogP contribution in [0.1, 0.15) is 29.2 Å². The van der Waals surface area contributed by atoms with Gasteiger partial charge in [0.25, 0.3) is 0 Å². The number of likely N-dealkylation sites (tertiary alicyclic amines) is 1. The molecule has 29 heavy (non-hydrogen) atoms. The van der Waals surface area contributed by atoms with Crippen molar-refractivity contribution in [3.63, 3.8) is 0 Å². The van der Waals surface area contributed by atoms with Crippen LogP contribution < -0.4 is 9.47 Å². The van der Waals surface area contributed by atoms with Crippen LogP contribution in [-0.2, 0) is 4.79 Å². The van der Waals surface area contributed by atoms with Crippen molar-refractivity contribution < 1.29 is 14.3 Å². The first-order chi connectivity index (χ1) is 14.2. The fourth-order valence-corrected chi connectivity index (χ4v) is 4.14. The molecule has 0 bridgehead atoms. The van der Waals surface area contributed by atoms with E-state index in [1.54, 1.807) is 0 Å². The number of fused-ring (bicyclic) bond motifs is 2. The number of hydrogen-bond donors (Lipinski definition) is 0. The molecular formula is C24H22N2O3. The highest BCUT2D eigenvalue weighted by Gasteiger charge is 2.38. The maximum atomic E-state index is 13.6. The van der Waals surface area contributed by atoms with E-state index in [0.717, 1.165) is 34.7 Å². The molecule has 3 heterocycles. The van der Waals surface area contributed by atoms with Crippen LogP contribution in [0.5, 0.6) is 17.4 Å². The number of carbonyl (C=O) groups excluding carboxylic acids is 1. The van der Waals surface area contributed by atoms with E-state index in [9.17, 15) is 4.79 Å². The molecule has 5 nitrogen and oxygen atoms in total. The molecule has 5 rings (SSSR count). The molecule has 146 valence electrons. The second-order valence-electron chi connectivity index (χ2n) is 7.54. The van der Waals surface area contributed by atoms with Crippen molar-refractivity contribution >= 4 is 5.91 Å². The molecule has 3 aromatic rings. The highest BCUT2D eigenvalue weighted by atomic mass is 16.5. The standard InChI is InChI=1S/C24H22N2O3/c1-16-7-6-12-22(25-16)28-17-13-14-26(15-17)24(27)23-18-8-2-4-10-20(18)29-21-11-5-3-9-19(21)23/h2-12,17,23H,13-15H2,1H3. The lowest BCUT2D eigenvalue weighted by Crippen LogP contribution is -2.36. The zero-order chi connectivity index (χ0) is 19.8. The number of hydrogen-bond acceptors (Lipinski definition) is 4. The van der Waals surface area contributed by atoms with Gasteiger partial charge in [-0.1, -0.05) is 42.5 Å². The van der Waals surface area contributed by atoms with E-state index < -0.39 is 0 Å². The lowest BCUT2D eigenvalue weighted by atomic mass is 9.87. The minimum atomic E-state index is -0.355. The first-order valence-corrected chi connectivity index (χ1v) is 9.94. The second-order valence-corrected chi connectivity index (χ2v) is 7.54. The van der Waals surface area contributed by atoms with Gasteiger partial charge in [0.15, 0.2) is 0 Å². The smallest absolute Gasteiger partial charge is 0.234 e. The Morgan fingerprint density at radius 1 is 1.00 bits per heavy atom. The fourth-order valence-electron chi connectivity index (χ4n) is 4.14. The Morgan fingerprint density at radius 3 is 2.38 bits per heavy atom. The van der Waals surface area contributed by atoms with Crippen molar-refractivity contribution in [3.8, 4) is 17.4 Å². The lowest BCUT2D eigenvalue weighted by molar-refractivity contribution is -0.131. The van der Waals surface area contributed by atoms with Crippen LogP contribution in [0.25, 0.3) is 0 Å². The maximum Gasteiger partial charge on any atom is 0.234 e. The fraction of sp³-hybridized carbons (Fsp3) is 0.250. The van der Waals surface area contributed by atoms with E-state index >= 15 is 0 Å². The molecule has 0 N–H and O–H groups in total. The molecule has 0 saturated carbocycles. The van der Waals surface area contributed by atoms with Gasteiger partial charge in [0.05, 0.1) is 12.5 Å². The van der Waals surface area contributed by atoms with Crippen LogP contribution in [0.15, 0.2) is 66.7 Å². The van der Waals surface area contributed by atoms with Gasteiger partial charge in [-0.05, 0) is 25.1 Å². The largest absolute Gasteiger partial charge is 0.472 e. The van der Waals surface area contributed by atoms with Gasteiger partial charge in [-0.3, -0.25) is 4.79 Å². The van der Waals surface area contributed by atoms with Gasteiger partial charge in [-0.25, -0.2) is 4.98 Å². The summed E-state index contributed by atoms with van der Waals surface area (Å²) in [5.41, 5.74) is 2.76. The van der Waals surface area contributed by atoms with E-state index in [1.165, 1.54) is 0 Å². The molecule has 1 saturated heterocycles. The molecule has 1 atom stereocenters. The van der Waals surface area contributed by atoms with Gasteiger partial charge >= 0.3 is 0 Å². The number of para-hydroxylation sites is 2. The zero-order valence-electron chi connectivity index (χ0n) is 16.2. The second kappa shape index (κ2) is 7.24. The van der Waals surface area contributed by atoms with Crippen molar-refractivity contribution in [1.82, 2.24) is 9.88 Å². The molecule has 1 aromatic heterocycles. The highest BCUT2D eigenvalue weighted by molar-refractivity contribution is 5.90. The molecule has 0 radical (unpaired) electrons. The molecule has 2 aliphatic heterocycles. The average molecular weight is 386 g/mol. The predicted octanol–water partition coefficient (Wildman–Crippen LogP) is 4.31. The van der Waals surface area contributed by atoms with E-state index in [1.807, 2.05) is 78.6 Å². The number of benzene rings is 2. The van der Waals surface area contributed by atoms with Crippen molar-refractivity contribution in [3.05, 3.63) is 83.6 Å². The van der Waals surface area contributed by atoms with Crippen LogP contribution in [0.4, 0.5) is 0 Å². The van der Waals surface area contributed by atoms with Crippen LogP contribution in [0, 0.1) is 6.92 Å².